The molecule has 1 aromatic heterocycles. The number of nitrogens with zero attached hydrogens (tertiary/aromatic N) is 2. The Morgan fingerprint density at radius 1 is 1.08 bits per heavy atom. The lowest BCUT2D eigenvalue weighted by Gasteiger charge is -2.09. The van der Waals surface area contributed by atoms with Gasteiger partial charge in [-0.1, -0.05) is 12.1 Å². The van der Waals surface area contributed by atoms with Crippen molar-refractivity contribution < 1.29 is 14.3 Å². The van der Waals surface area contributed by atoms with Crippen LogP contribution in [0.15, 0.2) is 48.8 Å². The third kappa shape index (κ3) is 3.30. The molecule has 4 rings (SSSR count). The molecule has 2 aromatic carbocycles. The van der Waals surface area contributed by atoms with Crippen LogP contribution in [0.4, 0.5) is 11.5 Å². The molecule has 0 fully saturated rings. The number of nitrogens with one attached hydrogen (secondary N) is 2. The van der Waals surface area contributed by atoms with Gasteiger partial charge < -0.3 is 20.1 Å². The molecule has 1 amide bonds. The zero-order valence-electron chi connectivity index (χ0n) is 13.4. The van der Waals surface area contributed by atoms with Gasteiger partial charge in [0.1, 0.15) is 12.1 Å². The second-order valence-corrected chi connectivity index (χ2v) is 5.53. The van der Waals surface area contributed by atoms with Crippen LogP contribution < -0.4 is 20.1 Å². The summed E-state index contributed by atoms with van der Waals surface area (Å²) >= 11 is 0. The zero-order valence-corrected chi connectivity index (χ0v) is 13.4. The second kappa shape index (κ2) is 6.64. The van der Waals surface area contributed by atoms with Gasteiger partial charge in [0, 0.05) is 30.1 Å². The topological polar surface area (TPSA) is 85.4 Å². The van der Waals surface area contributed by atoms with Crippen LogP contribution >= 0.6 is 0 Å². The number of para-hydroxylation sites is 1. The van der Waals surface area contributed by atoms with Gasteiger partial charge in [0.25, 0.3) is 0 Å². The number of ether oxygens (including phenoxy) is 2. The largest absolute Gasteiger partial charge is 0.454 e. The van der Waals surface area contributed by atoms with Gasteiger partial charge in [-0.3, -0.25) is 4.79 Å². The number of carbonyl (C=O) groups excluding carboxylic acids is 1. The van der Waals surface area contributed by atoms with E-state index in [1.165, 1.54) is 6.33 Å². The molecule has 126 valence electrons. The van der Waals surface area contributed by atoms with E-state index in [-0.39, 0.29) is 12.7 Å². The van der Waals surface area contributed by atoms with E-state index in [2.05, 4.69) is 20.6 Å². The van der Waals surface area contributed by atoms with E-state index >= 15 is 0 Å². The minimum absolute atomic E-state index is 0.0928. The van der Waals surface area contributed by atoms with Gasteiger partial charge in [-0.15, -0.1) is 0 Å². The Bertz CT molecular complexity index is 924. The summed E-state index contributed by atoms with van der Waals surface area (Å²) in [4.78, 5) is 20.6. The lowest BCUT2D eigenvalue weighted by atomic mass is 10.2. The molecule has 7 nitrogen and oxygen atoms in total. The van der Waals surface area contributed by atoms with Crippen LogP contribution in [0.25, 0.3) is 10.9 Å². The third-order valence-corrected chi connectivity index (χ3v) is 3.84. The molecular weight excluding hydrogens is 320 g/mol. The number of benzene rings is 2. The van der Waals surface area contributed by atoms with Crippen LogP contribution in [0, 0.1) is 0 Å². The molecule has 2 heterocycles. The van der Waals surface area contributed by atoms with E-state index in [9.17, 15) is 4.79 Å². The fourth-order valence-corrected chi connectivity index (χ4v) is 2.64. The first-order valence-corrected chi connectivity index (χ1v) is 7.93. The molecule has 1 aliphatic heterocycles. The molecule has 2 N–H and O–H groups in total. The van der Waals surface area contributed by atoms with E-state index < -0.39 is 0 Å². The number of hydrogen-bond acceptors (Lipinski definition) is 6. The van der Waals surface area contributed by atoms with Crippen molar-refractivity contribution in [1.82, 2.24) is 9.97 Å². The molecule has 0 atom stereocenters. The van der Waals surface area contributed by atoms with Gasteiger partial charge in [0.05, 0.1) is 5.52 Å². The molecule has 0 bridgehead atoms. The summed E-state index contributed by atoms with van der Waals surface area (Å²) in [7, 11) is 0. The number of hydrogen-bond donors (Lipinski definition) is 2. The van der Waals surface area contributed by atoms with Gasteiger partial charge in [-0.05, 0) is 24.3 Å². The van der Waals surface area contributed by atoms with Crippen molar-refractivity contribution in [1.29, 1.82) is 0 Å². The minimum atomic E-state index is -0.0928. The number of carbonyl (C=O) groups is 1. The molecule has 0 spiro atoms. The molecule has 7 heteroatoms. The maximum absolute atomic E-state index is 12.1. The van der Waals surface area contributed by atoms with Gasteiger partial charge >= 0.3 is 0 Å². The lowest BCUT2D eigenvalue weighted by molar-refractivity contribution is -0.115. The Kier molecular flexibility index (Phi) is 4.04. The summed E-state index contributed by atoms with van der Waals surface area (Å²) in [6, 6.07) is 13.1. The van der Waals surface area contributed by atoms with Crippen molar-refractivity contribution in [3.05, 3.63) is 48.8 Å². The fraction of sp³-hybridized carbons (Fsp3) is 0.167. The number of fused-ring (bicyclic) bond motifs is 2. The van der Waals surface area contributed by atoms with Crippen molar-refractivity contribution in [2.24, 2.45) is 0 Å². The number of anilines is 2. The second-order valence-electron chi connectivity index (χ2n) is 5.53. The normalized spacial score (nSPS) is 12.2. The van der Waals surface area contributed by atoms with Gasteiger partial charge in [0.15, 0.2) is 11.5 Å². The molecular formula is C18H16N4O3. The van der Waals surface area contributed by atoms with E-state index in [4.69, 9.17) is 9.47 Å². The predicted octanol–water partition coefficient (Wildman–Crippen LogP) is 2.80. The summed E-state index contributed by atoms with van der Waals surface area (Å²) in [5.74, 6) is 1.96. The first kappa shape index (κ1) is 15.2. The SMILES string of the molecule is O=C(CCNc1ncnc2ccccc12)Nc1ccc2c(c1)OCO2. The fourth-order valence-electron chi connectivity index (χ4n) is 2.64. The molecule has 3 aromatic rings. The van der Waals surface area contributed by atoms with Crippen molar-refractivity contribution in [3.8, 4) is 11.5 Å². The van der Waals surface area contributed by atoms with Gasteiger partial charge in [-0.25, -0.2) is 9.97 Å². The minimum Gasteiger partial charge on any atom is -0.454 e. The molecule has 0 saturated heterocycles. The van der Waals surface area contributed by atoms with Gasteiger partial charge in [-0.2, -0.15) is 0 Å². The molecule has 0 saturated carbocycles. The smallest absolute Gasteiger partial charge is 0.231 e. The van der Waals surface area contributed by atoms with E-state index in [1.54, 1.807) is 18.2 Å². The molecule has 0 radical (unpaired) electrons. The Hall–Kier alpha value is -3.35. The standard InChI is InChI=1S/C18H16N4O3/c23-17(22-12-5-6-15-16(9-12)25-11-24-15)7-8-19-18-13-3-1-2-4-14(13)20-10-21-18/h1-6,9-10H,7-8,11H2,(H,22,23)(H,19,20,21). The molecule has 0 aliphatic carbocycles. The zero-order chi connectivity index (χ0) is 17.1. The highest BCUT2D eigenvalue weighted by Crippen LogP contribution is 2.34. The van der Waals surface area contributed by atoms with Crippen LogP contribution in [0.1, 0.15) is 6.42 Å². The van der Waals surface area contributed by atoms with Crippen molar-refractivity contribution in [2.75, 3.05) is 24.0 Å². The summed E-state index contributed by atoms with van der Waals surface area (Å²) in [5, 5.41) is 6.97. The summed E-state index contributed by atoms with van der Waals surface area (Å²) < 4.78 is 10.6. The predicted molar refractivity (Wildman–Crippen MR) is 93.8 cm³/mol. The van der Waals surface area contributed by atoms with Crippen molar-refractivity contribution in [3.63, 3.8) is 0 Å². The average Bonchev–Trinajstić information content (AvgIpc) is 3.10. The number of aromatic nitrogens is 2. The monoisotopic (exact) mass is 336 g/mol. The first-order chi connectivity index (χ1) is 12.3. The van der Waals surface area contributed by atoms with Crippen LogP contribution in [-0.2, 0) is 4.79 Å². The van der Waals surface area contributed by atoms with Crippen LogP contribution in [0.2, 0.25) is 0 Å². The highest BCUT2D eigenvalue weighted by molar-refractivity contribution is 5.92. The third-order valence-electron chi connectivity index (χ3n) is 3.84. The maximum atomic E-state index is 12.1. The summed E-state index contributed by atoms with van der Waals surface area (Å²) in [6.07, 6.45) is 1.82. The molecule has 0 unspecified atom stereocenters. The first-order valence-electron chi connectivity index (χ1n) is 7.93. The number of rotatable bonds is 5. The van der Waals surface area contributed by atoms with E-state index in [1.807, 2.05) is 24.3 Å². The van der Waals surface area contributed by atoms with Crippen LogP contribution in [0.5, 0.6) is 11.5 Å². The Labute approximate surface area is 144 Å². The molecule has 1 aliphatic rings. The Morgan fingerprint density at radius 3 is 2.92 bits per heavy atom. The van der Waals surface area contributed by atoms with Crippen LogP contribution in [-0.4, -0.2) is 29.2 Å². The van der Waals surface area contributed by atoms with Crippen molar-refractivity contribution in [2.45, 2.75) is 6.42 Å². The summed E-state index contributed by atoms with van der Waals surface area (Å²) in [6.45, 7) is 0.681. The average molecular weight is 336 g/mol. The highest BCUT2D eigenvalue weighted by atomic mass is 16.7. The van der Waals surface area contributed by atoms with Crippen molar-refractivity contribution >= 4 is 28.3 Å². The van der Waals surface area contributed by atoms with Gasteiger partial charge in [0.2, 0.25) is 12.7 Å². The summed E-state index contributed by atoms with van der Waals surface area (Å²) in [5.41, 5.74) is 1.55. The number of amides is 1. The van der Waals surface area contributed by atoms with E-state index in [0.717, 1.165) is 16.7 Å². The maximum Gasteiger partial charge on any atom is 0.231 e. The highest BCUT2D eigenvalue weighted by Gasteiger charge is 2.14. The lowest BCUT2D eigenvalue weighted by Crippen LogP contribution is -2.16. The van der Waals surface area contributed by atoms with E-state index in [0.29, 0.717) is 30.2 Å². The van der Waals surface area contributed by atoms with Crippen LogP contribution in [0.3, 0.4) is 0 Å². The Balaban J connectivity index is 1.34. The Morgan fingerprint density at radius 2 is 1.96 bits per heavy atom. The quantitative estimate of drug-likeness (QED) is 0.745. The molecule has 25 heavy (non-hydrogen) atoms.